The third kappa shape index (κ3) is 4.36. The summed E-state index contributed by atoms with van der Waals surface area (Å²) in [5, 5.41) is 13.6. The van der Waals surface area contributed by atoms with Crippen LogP contribution in [-0.4, -0.2) is 24.8 Å². The molecule has 2 unspecified atom stereocenters. The van der Waals surface area contributed by atoms with Gasteiger partial charge in [0.05, 0.1) is 13.4 Å². The van der Waals surface area contributed by atoms with Crippen molar-refractivity contribution in [2.24, 2.45) is 5.92 Å². The van der Waals surface area contributed by atoms with Gasteiger partial charge in [-0.25, -0.2) is 0 Å². The van der Waals surface area contributed by atoms with Gasteiger partial charge in [0.2, 0.25) is 0 Å². The van der Waals surface area contributed by atoms with Crippen LogP contribution in [0.5, 0.6) is 5.75 Å². The van der Waals surface area contributed by atoms with E-state index in [2.05, 4.69) is 25.2 Å². The number of rotatable bonds is 8. The van der Waals surface area contributed by atoms with Gasteiger partial charge in [-0.1, -0.05) is 32.0 Å². The molecular formula is C18H25NO3. The van der Waals surface area contributed by atoms with Crippen LogP contribution >= 0.6 is 0 Å². The Hall–Kier alpha value is -1.78. The summed E-state index contributed by atoms with van der Waals surface area (Å²) >= 11 is 0. The minimum Gasteiger partial charge on any atom is -0.496 e. The highest BCUT2D eigenvalue weighted by Gasteiger charge is 2.18. The van der Waals surface area contributed by atoms with Gasteiger partial charge in [-0.3, -0.25) is 0 Å². The molecule has 0 saturated heterocycles. The van der Waals surface area contributed by atoms with Crippen LogP contribution in [0.3, 0.4) is 0 Å². The standard InChI is InChI=1S/C18H25NO3/c1-13(2)15(11-14-7-4-5-8-17(14)21-3)19-12-16(20)18-9-6-10-22-18/h4-10,13,15-16,19-20H,11-12H2,1-3H3. The third-order valence-electron chi connectivity index (χ3n) is 3.88. The number of nitrogens with one attached hydrogen (secondary N) is 1. The zero-order valence-corrected chi connectivity index (χ0v) is 13.5. The minimum atomic E-state index is -0.631. The van der Waals surface area contributed by atoms with E-state index in [9.17, 15) is 5.11 Å². The lowest BCUT2D eigenvalue weighted by molar-refractivity contribution is 0.140. The number of ether oxygens (including phenoxy) is 1. The molecule has 4 nitrogen and oxygen atoms in total. The van der Waals surface area contributed by atoms with Crippen LogP contribution in [0.4, 0.5) is 0 Å². The quantitative estimate of drug-likeness (QED) is 0.786. The lowest BCUT2D eigenvalue weighted by Crippen LogP contribution is -2.38. The first-order chi connectivity index (χ1) is 10.6. The van der Waals surface area contributed by atoms with Gasteiger partial charge in [-0.05, 0) is 36.1 Å². The first-order valence-corrected chi connectivity index (χ1v) is 7.68. The molecule has 0 amide bonds. The molecule has 0 aliphatic heterocycles. The number of aliphatic hydroxyl groups excluding tert-OH is 1. The molecule has 2 aromatic rings. The molecule has 1 aromatic carbocycles. The van der Waals surface area contributed by atoms with Crippen molar-refractivity contribution in [1.82, 2.24) is 5.32 Å². The average Bonchev–Trinajstić information content (AvgIpc) is 3.05. The number of aliphatic hydroxyl groups is 1. The maximum absolute atomic E-state index is 10.1. The van der Waals surface area contributed by atoms with Gasteiger partial charge in [0.1, 0.15) is 17.6 Å². The van der Waals surface area contributed by atoms with Gasteiger partial charge in [0.25, 0.3) is 0 Å². The minimum absolute atomic E-state index is 0.251. The van der Waals surface area contributed by atoms with Crippen molar-refractivity contribution in [3.05, 3.63) is 54.0 Å². The van der Waals surface area contributed by atoms with Gasteiger partial charge in [0, 0.05) is 12.6 Å². The lowest BCUT2D eigenvalue weighted by atomic mass is 9.95. The molecule has 4 heteroatoms. The van der Waals surface area contributed by atoms with Crippen molar-refractivity contribution >= 4 is 0 Å². The summed E-state index contributed by atoms with van der Waals surface area (Å²) in [5.74, 6) is 1.93. The zero-order chi connectivity index (χ0) is 15.9. The van der Waals surface area contributed by atoms with Crippen molar-refractivity contribution in [2.45, 2.75) is 32.4 Å². The van der Waals surface area contributed by atoms with Crippen LogP contribution in [-0.2, 0) is 6.42 Å². The smallest absolute Gasteiger partial charge is 0.133 e. The summed E-state index contributed by atoms with van der Waals surface area (Å²) in [4.78, 5) is 0. The summed E-state index contributed by atoms with van der Waals surface area (Å²) in [6.07, 6.45) is 1.80. The topological polar surface area (TPSA) is 54.6 Å². The second kappa shape index (κ2) is 8.01. The Labute approximate surface area is 132 Å². The van der Waals surface area contributed by atoms with Crippen molar-refractivity contribution in [2.75, 3.05) is 13.7 Å². The lowest BCUT2D eigenvalue weighted by Gasteiger charge is -2.24. The highest BCUT2D eigenvalue weighted by atomic mass is 16.5. The molecule has 0 bridgehead atoms. The first-order valence-electron chi connectivity index (χ1n) is 7.68. The molecule has 2 N–H and O–H groups in total. The van der Waals surface area contributed by atoms with Crippen LogP contribution < -0.4 is 10.1 Å². The van der Waals surface area contributed by atoms with Crippen LogP contribution in [0.25, 0.3) is 0 Å². The van der Waals surface area contributed by atoms with Crippen LogP contribution in [0.15, 0.2) is 47.1 Å². The van der Waals surface area contributed by atoms with Crippen molar-refractivity contribution in [1.29, 1.82) is 0 Å². The SMILES string of the molecule is COc1ccccc1CC(NCC(O)c1ccco1)C(C)C. The molecule has 0 aliphatic carbocycles. The fourth-order valence-corrected chi connectivity index (χ4v) is 2.50. The number of para-hydroxylation sites is 1. The molecule has 1 heterocycles. The molecule has 0 fully saturated rings. The second-order valence-corrected chi connectivity index (χ2v) is 5.81. The Kier molecular flexibility index (Phi) is 6.04. The van der Waals surface area contributed by atoms with Crippen LogP contribution in [0.1, 0.15) is 31.3 Å². The fraction of sp³-hybridized carbons (Fsp3) is 0.444. The largest absolute Gasteiger partial charge is 0.496 e. The van der Waals surface area contributed by atoms with E-state index in [1.54, 1.807) is 25.5 Å². The molecule has 2 atom stereocenters. The number of furan rings is 1. The highest BCUT2D eigenvalue weighted by molar-refractivity contribution is 5.33. The summed E-state index contributed by atoms with van der Waals surface area (Å²) in [7, 11) is 1.69. The van der Waals surface area contributed by atoms with Gasteiger partial charge < -0.3 is 19.6 Å². The molecule has 22 heavy (non-hydrogen) atoms. The third-order valence-corrected chi connectivity index (χ3v) is 3.88. The maximum atomic E-state index is 10.1. The Morgan fingerprint density at radius 2 is 1.95 bits per heavy atom. The van der Waals surface area contributed by atoms with Crippen molar-refractivity contribution < 1.29 is 14.3 Å². The molecule has 0 saturated carbocycles. The first kappa shape index (κ1) is 16.6. The van der Waals surface area contributed by atoms with E-state index in [0.717, 1.165) is 12.2 Å². The normalized spacial score (nSPS) is 14.0. The van der Waals surface area contributed by atoms with E-state index in [1.807, 2.05) is 18.2 Å². The van der Waals surface area contributed by atoms with Gasteiger partial charge >= 0.3 is 0 Å². The number of methoxy groups -OCH3 is 1. The number of benzene rings is 1. The summed E-state index contributed by atoms with van der Waals surface area (Å²) in [6.45, 7) is 4.81. The molecule has 1 aromatic heterocycles. The number of hydrogen-bond acceptors (Lipinski definition) is 4. The predicted octanol–water partition coefficient (Wildman–Crippen LogP) is 3.18. The predicted molar refractivity (Wildman–Crippen MR) is 87.0 cm³/mol. The molecule has 0 radical (unpaired) electrons. The van der Waals surface area contributed by atoms with Gasteiger partial charge in [-0.2, -0.15) is 0 Å². The molecule has 0 spiro atoms. The molecule has 2 rings (SSSR count). The fourth-order valence-electron chi connectivity index (χ4n) is 2.50. The molecule has 120 valence electrons. The summed E-state index contributed by atoms with van der Waals surface area (Å²) in [6, 6.07) is 11.9. The zero-order valence-electron chi connectivity index (χ0n) is 13.5. The van der Waals surface area contributed by atoms with Crippen molar-refractivity contribution in [3.63, 3.8) is 0 Å². The molecule has 0 aliphatic rings. The highest BCUT2D eigenvalue weighted by Crippen LogP contribution is 2.21. The number of hydrogen-bond donors (Lipinski definition) is 2. The van der Waals surface area contributed by atoms with Gasteiger partial charge in [-0.15, -0.1) is 0 Å². The van der Waals surface area contributed by atoms with E-state index in [-0.39, 0.29) is 6.04 Å². The Morgan fingerprint density at radius 3 is 2.59 bits per heavy atom. The van der Waals surface area contributed by atoms with E-state index < -0.39 is 6.10 Å². The molecular weight excluding hydrogens is 278 g/mol. The van der Waals surface area contributed by atoms with E-state index >= 15 is 0 Å². The van der Waals surface area contributed by atoms with E-state index in [1.165, 1.54) is 5.56 Å². The average molecular weight is 303 g/mol. The summed E-state index contributed by atoms with van der Waals surface area (Å²) < 4.78 is 10.7. The summed E-state index contributed by atoms with van der Waals surface area (Å²) in [5.41, 5.74) is 1.17. The Morgan fingerprint density at radius 1 is 1.18 bits per heavy atom. The second-order valence-electron chi connectivity index (χ2n) is 5.81. The van der Waals surface area contributed by atoms with E-state index in [0.29, 0.717) is 18.2 Å². The Bertz CT molecular complexity index is 551. The van der Waals surface area contributed by atoms with Crippen LogP contribution in [0.2, 0.25) is 0 Å². The Balaban J connectivity index is 1.98. The van der Waals surface area contributed by atoms with Crippen molar-refractivity contribution in [3.8, 4) is 5.75 Å². The van der Waals surface area contributed by atoms with E-state index in [4.69, 9.17) is 9.15 Å². The van der Waals surface area contributed by atoms with Crippen LogP contribution in [0, 0.1) is 5.92 Å². The monoisotopic (exact) mass is 303 g/mol. The maximum Gasteiger partial charge on any atom is 0.133 e. The van der Waals surface area contributed by atoms with Gasteiger partial charge in [0.15, 0.2) is 0 Å².